The lowest BCUT2D eigenvalue weighted by Crippen LogP contribution is -2.29. The largest absolute Gasteiger partial charge is 0.463 e. The van der Waals surface area contributed by atoms with Crippen molar-refractivity contribution in [3.63, 3.8) is 0 Å². The monoisotopic (exact) mass is 280 g/mol. The number of aliphatic hydroxyl groups excluding tert-OH is 1. The van der Waals surface area contributed by atoms with E-state index < -0.39 is 12.1 Å². The molecule has 5 nitrogen and oxygen atoms in total. The Balaban J connectivity index is 1.67. The summed E-state index contributed by atoms with van der Waals surface area (Å²) >= 11 is 0. The fraction of sp³-hybridized carbons (Fsp3) is 0.600. The summed E-state index contributed by atoms with van der Waals surface area (Å²) in [6.07, 6.45) is 5.08. The molecule has 0 heterocycles. The van der Waals surface area contributed by atoms with Gasteiger partial charge in [0, 0.05) is 5.57 Å². The van der Waals surface area contributed by atoms with Crippen LogP contribution in [0.2, 0.25) is 0 Å². The normalized spacial score (nSPS) is 28.2. The lowest BCUT2D eigenvalue weighted by molar-refractivity contribution is -0.155. The van der Waals surface area contributed by atoms with E-state index in [0.717, 1.165) is 12.8 Å². The van der Waals surface area contributed by atoms with Gasteiger partial charge in [-0.3, -0.25) is 4.79 Å². The van der Waals surface area contributed by atoms with Crippen LogP contribution in [0.15, 0.2) is 24.3 Å². The standard InChI is InChI=1S/C15H20O5/c1-9(2)14(17)19-7-12(16)8-20-15(18)13-6-10-3-4-11(13)5-10/h3-4,10-13,16H,1,5-8H2,2H3. The molecule has 1 fully saturated rings. The minimum absolute atomic E-state index is 0.0878. The molecule has 0 amide bonds. The lowest BCUT2D eigenvalue weighted by atomic mass is 9.94. The molecule has 0 spiro atoms. The van der Waals surface area contributed by atoms with Crippen molar-refractivity contribution < 1.29 is 24.2 Å². The summed E-state index contributed by atoms with van der Waals surface area (Å²) in [5, 5.41) is 9.61. The van der Waals surface area contributed by atoms with Crippen molar-refractivity contribution in [3.8, 4) is 0 Å². The maximum Gasteiger partial charge on any atom is 0.333 e. The van der Waals surface area contributed by atoms with Crippen LogP contribution in [0.1, 0.15) is 19.8 Å². The Morgan fingerprint density at radius 1 is 1.30 bits per heavy atom. The second-order valence-electron chi connectivity index (χ2n) is 5.55. The van der Waals surface area contributed by atoms with Gasteiger partial charge >= 0.3 is 11.9 Å². The molecular formula is C15H20O5. The first-order chi connectivity index (χ1) is 9.47. The first kappa shape index (κ1) is 14.8. The third-order valence-electron chi connectivity index (χ3n) is 3.75. The Morgan fingerprint density at radius 2 is 2.00 bits per heavy atom. The molecular weight excluding hydrogens is 260 g/mol. The van der Waals surface area contributed by atoms with E-state index in [1.807, 2.05) is 0 Å². The van der Waals surface area contributed by atoms with Gasteiger partial charge in [-0.1, -0.05) is 18.7 Å². The number of esters is 2. The zero-order valence-corrected chi connectivity index (χ0v) is 11.6. The summed E-state index contributed by atoms with van der Waals surface area (Å²) in [7, 11) is 0. The molecule has 2 aliphatic carbocycles. The third kappa shape index (κ3) is 3.48. The van der Waals surface area contributed by atoms with Gasteiger partial charge in [0.25, 0.3) is 0 Å². The zero-order chi connectivity index (χ0) is 14.7. The lowest BCUT2D eigenvalue weighted by Gasteiger charge is -2.18. The van der Waals surface area contributed by atoms with Crippen molar-refractivity contribution in [2.45, 2.75) is 25.9 Å². The molecule has 0 saturated heterocycles. The van der Waals surface area contributed by atoms with Gasteiger partial charge in [-0.15, -0.1) is 0 Å². The predicted molar refractivity (Wildman–Crippen MR) is 71.6 cm³/mol. The average Bonchev–Trinajstić information content (AvgIpc) is 3.04. The molecule has 0 radical (unpaired) electrons. The third-order valence-corrected chi connectivity index (χ3v) is 3.75. The number of aliphatic hydroxyl groups is 1. The molecule has 4 atom stereocenters. The Bertz CT molecular complexity index is 440. The van der Waals surface area contributed by atoms with E-state index in [9.17, 15) is 14.7 Å². The molecule has 110 valence electrons. The van der Waals surface area contributed by atoms with Crippen LogP contribution in [-0.4, -0.2) is 36.4 Å². The van der Waals surface area contributed by atoms with E-state index in [1.54, 1.807) is 0 Å². The molecule has 5 heteroatoms. The number of hydrogen-bond acceptors (Lipinski definition) is 5. The van der Waals surface area contributed by atoms with Gasteiger partial charge in [-0.25, -0.2) is 4.79 Å². The van der Waals surface area contributed by atoms with Crippen molar-refractivity contribution in [2.24, 2.45) is 17.8 Å². The van der Waals surface area contributed by atoms with Gasteiger partial charge in [-0.2, -0.15) is 0 Å². The Morgan fingerprint density at radius 3 is 2.55 bits per heavy atom. The summed E-state index contributed by atoms with van der Waals surface area (Å²) in [4.78, 5) is 23.0. The van der Waals surface area contributed by atoms with Crippen LogP contribution in [-0.2, 0) is 19.1 Å². The minimum Gasteiger partial charge on any atom is -0.463 e. The molecule has 0 aliphatic heterocycles. The van der Waals surface area contributed by atoms with Crippen molar-refractivity contribution >= 4 is 11.9 Å². The number of carbonyl (C=O) groups excluding carboxylic acids is 2. The Labute approximate surface area is 118 Å². The van der Waals surface area contributed by atoms with Gasteiger partial charge in [0.2, 0.25) is 0 Å². The van der Waals surface area contributed by atoms with Crippen LogP contribution in [0.25, 0.3) is 0 Å². The molecule has 2 rings (SSSR count). The van der Waals surface area contributed by atoms with Gasteiger partial charge in [0.1, 0.15) is 19.3 Å². The highest BCUT2D eigenvalue weighted by atomic mass is 16.6. The number of fused-ring (bicyclic) bond motifs is 2. The highest BCUT2D eigenvalue weighted by molar-refractivity contribution is 5.86. The topological polar surface area (TPSA) is 72.8 Å². The van der Waals surface area contributed by atoms with Gasteiger partial charge in [0.15, 0.2) is 0 Å². The van der Waals surface area contributed by atoms with Crippen LogP contribution in [0.5, 0.6) is 0 Å². The van der Waals surface area contributed by atoms with Gasteiger partial charge in [0.05, 0.1) is 5.92 Å². The average molecular weight is 280 g/mol. The number of carbonyl (C=O) groups is 2. The fourth-order valence-corrected chi connectivity index (χ4v) is 2.68. The first-order valence-electron chi connectivity index (χ1n) is 6.83. The Hall–Kier alpha value is -1.62. The van der Waals surface area contributed by atoms with Gasteiger partial charge in [-0.05, 0) is 31.6 Å². The molecule has 0 aromatic carbocycles. The number of hydrogen-bond donors (Lipinski definition) is 1. The SMILES string of the molecule is C=C(C)C(=O)OCC(O)COC(=O)C1CC2C=CC1C2. The smallest absolute Gasteiger partial charge is 0.333 e. The number of rotatable bonds is 6. The molecule has 0 aromatic rings. The van der Waals surface area contributed by atoms with Crippen molar-refractivity contribution in [3.05, 3.63) is 24.3 Å². The molecule has 1 saturated carbocycles. The van der Waals surface area contributed by atoms with Crippen LogP contribution in [0.4, 0.5) is 0 Å². The summed E-state index contributed by atoms with van der Waals surface area (Å²) in [6.45, 7) is 4.61. The fourth-order valence-electron chi connectivity index (χ4n) is 2.68. The van der Waals surface area contributed by atoms with Crippen molar-refractivity contribution in [1.82, 2.24) is 0 Å². The molecule has 2 bridgehead atoms. The summed E-state index contributed by atoms with van der Waals surface area (Å²) in [5.41, 5.74) is 0.267. The second-order valence-corrected chi connectivity index (χ2v) is 5.55. The quantitative estimate of drug-likeness (QED) is 0.450. The molecule has 2 aliphatic rings. The summed E-state index contributed by atoms with van der Waals surface area (Å²) in [5.74, 6) is -0.138. The molecule has 0 aromatic heterocycles. The van der Waals surface area contributed by atoms with Crippen LogP contribution >= 0.6 is 0 Å². The minimum atomic E-state index is -1.00. The molecule has 4 unspecified atom stereocenters. The maximum atomic E-state index is 11.9. The molecule has 20 heavy (non-hydrogen) atoms. The highest BCUT2D eigenvalue weighted by Gasteiger charge is 2.40. The first-order valence-corrected chi connectivity index (χ1v) is 6.83. The van der Waals surface area contributed by atoms with E-state index in [0.29, 0.717) is 5.92 Å². The zero-order valence-electron chi connectivity index (χ0n) is 11.6. The molecule has 1 N–H and O–H groups in total. The Kier molecular flexibility index (Phi) is 4.60. The van der Waals surface area contributed by atoms with E-state index in [4.69, 9.17) is 9.47 Å². The van der Waals surface area contributed by atoms with E-state index in [2.05, 4.69) is 18.7 Å². The van der Waals surface area contributed by atoms with E-state index in [1.165, 1.54) is 6.92 Å². The van der Waals surface area contributed by atoms with Crippen LogP contribution < -0.4 is 0 Å². The van der Waals surface area contributed by atoms with Crippen LogP contribution in [0.3, 0.4) is 0 Å². The van der Waals surface area contributed by atoms with Crippen molar-refractivity contribution in [2.75, 3.05) is 13.2 Å². The summed E-state index contributed by atoms with van der Waals surface area (Å²) < 4.78 is 9.88. The number of allylic oxidation sites excluding steroid dienone is 2. The maximum absolute atomic E-state index is 11.9. The van der Waals surface area contributed by atoms with E-state index >= 15 is 0 Å². The van der Waals surface area contributed by atoms with Crippen LogP contribution in [0, 0.1) is 17.8 Å². The summed E-state index contributed by atoms with van der Waals surface area (Å²) in [6, 6.07) is 0. The second kappa shape index (κ2) is 6.22. The predicted octanol–water partition coefficient (Wildman–Crippen LogP) is 1.22. The van der Waals surface area contributed by atoms with E-state index in [-0.39, 0.29) is 36.6 Å². The number of ether oxygens (including phenoxy) is 2. The highest BCUT2D eigenvalue weighted by Crippen LogP contribution is 2.43. The van der Waals surface area contributed by atoms with Crippen molar-refractivity contribution in [1.29, 1.82) is 0 Å². The van der Waals surface area contributed by atoms with Gasteiger partial charge < -0.3 is 14.6 Å².